The number of carboxylic acids is 1. The van der Waals surface area contributed by atoms with E-state index in [0.717, 1.165) is 5.56 Å². The molecule has 1 spiro atoms. The predicted molar refractivity (Wildman–Crippen MR) is 118 cm³/mol. The second-order valence-corrected chi connectivity index (χ2v) is 8.33. The van der Waals surface area contributed by atoms with Crippen LogP contribution in [0, 0.1) is 0 Å². The van der Waals surface area contributed by atoms with Crippen LogP contribution in [0.4, 0.5) is 0 Å². The highest BCUT2D eigenvalue weighted by molar-refractivity contribution is 6.00. The average Bonchev–Trinajstić information content (AvgIpc) is 3.58. The number of hydrogen-bond donors (Lipinski definition) is 3. The highest BCUT2D eigenvalue weighted by atomic mass is 16.4. The van der Waals surface area contributed by atoms with Crippen LogP contribution < -0.4 is 11.1 Å². The molecule has 1 aromatic carbocycles. The molecule has 176 valence electrons. The molecule has 2 atom stereocenters. The van der Waals surface area contributed by atoms with Crippen molar-refractivity contribution in [3.05, 3.63) is 48.6 Å². The van der Waals surface area contributed by atoms with Crippen molar-refractivity contribution in [2.75, 3.05) is 13.1 Å². The molecule has 4 N–H and O–H groups in total. The Kier molecular flexibility index (Phi) is 7.15. The first-order chi connectivity index (χ1) is 15.7. The minimum Gasteiger partial charge on any atom is -0.480 e. The third-order valence-corrected chi connectivity index (χ3v) is 6.15. The number of piperazine rings is 1. The van der Waals surface area contributed by atoms with Gasteiger partial charge >= 0.3 is 5.97 Å². The number of carbonyl (C=O) groups excluding carboxylic acids is 4. The van der Waals surface area contributed by atoms with Gasteiger partial charge in [0.1, 0.15) is 17.6 Å². The largest absolute Gasteiger partial charge is 0.480 e. The zero-order chi connectivity index (χ0) is 24.2. The fourth-order valence-corrected chi connectivity index (χ4v) is 4.23. The Morgan fingerprint density at radius 2 is 1.85 bits per heavy atom. The van der Waals surface area contributed by atoms with Gasteiger partial charge in [0.2, 0.25) is 23.6 Å². The van der Waals surface area contributed by atoms with Crippen LogP contribution in [0.3, 0.4) is 0 Å². The molecular formula is C23H28N4O6. The third-order valence-electron chi connectivity index (χ3n) is 6.15. The zero-order valence-corrected chi connectivity index (χ0v) is 18.2. The van der Waals surface area contributed by atoms with Crippen molar-refractivity contribution in [3.63, 3.8) is 0 Å². The van der Waals surface area contributed by atoms with Crippen LogP contribution in [-0.2, 0) is 30.4 Å². The summed E-state index contributed by atoms with van der Waals surface area (Å²) in [6.07, 6.45) is 1.98. The lowest BCUT2D eigenvalue weighted by Crippen LogP contribution is -2.65. The van der Waals surface area contributed by atoms with Gasteiger partial charge in [0, 0.05) is 25.9 Å². The monoisotopic (exact) mass is 456 g/mol. The Hall–Kier alpha value is -3.69. The van der Waals surface area contributed by atoms with Crippen molar-refractivity contribution in [1.82, 2.24) is 15.1 Å². The van der Waals surface area contributed by atoms with Crippen molar-refractivity contribution < 1.29 is 29.1 Å². The molecular weight excluding hydrogens is 428 g/mol. The Bertz CT molecular complexity index is 959. The van der Waals surface area contributed by atoms with Gasteiger partial charge in [-0.25, -0.2) is 4.79 Å². The first-order valence-corrected chi connectivity index (χ1v) is 10.8. The van der Waals surface area contributed by atoms with Gasteiger partial charge in [-0.2, -0.15) is 0 Å². The molecule has 0 bridgehead atoms. The van der Waals surface area contributed by atoms with Gasteiger partial charge in [-0.05, 0) is 30.9 Å². The van der Waals surface area contributed by atoms with E-state index >= 15 is 0 Å². The summed E-state index contributed by atoms with van der Waals surface area (Å²) in [7, 11) is 0. The van der Waals surface area contributed by atoms with Crippen LogP contribution in [0.2, 0.25) is 0 Å². The number of primary amides is 1. The van der Waals surface area contributed by atoms with E-state index < -0.39 is 35.4 Å². The summed E-state index contributed by atoms with van der Waals surface area (Å²) in [6, 6.07) is 6.77. The molecule has 0 unspecified atom stereocenters. The van der Waals surface area contributed by atoms with Crippen molar-refractivity contribution in [1.29, 1.82) is 0 Å². The minimum absolute atomic E-state index is 0.129. The molecule has 1 aromatic rings. The summed E-state index contributed by atoms with van der Waals surface area (Å²) in [5, 5.41) is 12.0. The molecule has 10 heteroatoms. The smallest absolute Gasteiger partial charge is 0.326 e. The van der Waals surface area contributed by atoms with Gasteiger partial charge in [0.15, 0.2) is 0 Å². The fourth-order valence-electron chi connectivity index (χ4n) is 4.23. The summed E-state index contributed by atoms with van der Waals surface area (Å²) in [5.41, 5.74) is 4.94. The molecule has 1 aliphatic carbocycles. The van der Waals surface area contributed by atoms with Crippen molar-refractivity contribution >= 4 is 29.6 Å². The van der Waals surface area contributed by atoms with Gasteiger partial charge in [0.25, 0.3) is 0 Å². The molecule has 0 aromatic heterocycles. The molecule has 2 fully saturated rings. The first kappa shape index (κ1) is 24.0. The summed E-state index contributed by atoms with van der Waals surface area (Å²) < 4.78 is 0. The van der Waals surface area contributed by atoms with Crippen molar-refractivity contribution in [2.24, 2.45) is 5.73 Å². The Morgan fingerprint density at radius 3 is 2.39 bits per heavy atom. The van der Waals surface area contributed by atoms with E-state index in [9.17, 15) is 29.1 Å². The summed E-state index contributed by atoms with van der Waals surface area (Å²) >= 11 is 0. The van der Waals surface area contributed by atoms with E-state index in [0.29, 0.717) is 12.8 Å². The van der Waals surface area contributed by atoms with E-state index in [1.165, 1.54) is 15.9 Å². The van der Waals surface area contributed by atoms with E-state index in [1.54, 1.807) is 0 Å². The second-order valence-electron chi connectivity index (χ2n) is 8.33. The number of carbonyl (C=O) groups is 5. The third kappa shape index (κ3) is 5.21. The van der Waals surface area contributed by atoms with Gasteiger partial charge in [-0.1, -0.05) is 36.9 Å². The van der Waals surface area contributed by atoms with Crippen LogP contribution >= 0.6 is 0 Å². The van der Waals surface area contributed by atoms with Crippen LogP contribution in [-0.4, -0.2) is 75.2 Å². The Morgan fingerprint density at radius 1 is 1.18 bits per heavy atom. The van der Waals surface area contributed by atoms with E-state index in [4.69, 9.17) is 5.73 Å². The van der Waals surface area contributed by atoms with E-state index in [1.807, 2.05) is 30.3 Å². The highest BCUT2D eigenvalue weighted by Crippen LogP contribution is 2.46. The van der Waals surface area contributed by atoms with Gasteiger partial charge in [-0.15, -0.1) is 0 Å². The van der Waals surface area contributed by atoms with Crippen LogP contribution in [0.15, 0.2) is 43.0 Å². The fraction of sp³-hybridized carbons (Fsp3) is 0.435. The maximum atomic E-state index is 13.5. The SMILES string of the molecule is C=CC(=O)N1CCN([C@@H](Cc2ccccc2)C(=O)N[C@@H](CCC(N)=O)C(=O)O)C(=O)C12CC2. The number of aliphatic carboxylic acids is 1. The number of nitrogens with zero attached hydrogens (tertiary/aromatic N) is 2. The molecule has 0 radical (unpaired) electrons. The lowest BCUT2D eigenvalue weighted by molar-refractivity contribution is -0.156. The quantitative estimate of drug-likeness (QED) is 0.416. The summed E-state index contributed by atoms with van der Waals surface area (Å²) in [5.74, 6) is -3.27. The number of hydrogen-bond acceptors (Lipinski definition) is 5. The van der Waals surface area contributed by atoms with Crippen molar-refractivity contribution in [3.8, 4) is 0 Å². The summed E-state index contributed by atoms with van der Waals surface area (Å²) in [6.45, 7) is 3.88. The molecule has 4 amide bonds. The van der Waals surface area contributed by atoms with E-state index in [-0.39, 0.29) is 44.2 Å². The number of nitrogens with two attached hydrogens (primary N) is 1. The predicted octanol–water partition coefficient (Wildman–Crippen LogP) is -0.178. The molecule has 33 heavy (non-hydrogen) atoms. The molecule has 10 nitrogen and oxygen atoms in total. The number of nitrogens with one attached hydrogen (secondary N) is 1. The number of benzene rings is 1. The normalized spacial score (nSPS) is 18.4. The topological polar surface area (TPSA) is 150 Å². The van der Waals surface area contributed by atoms with Gasteiger partial charge in [0.05, 0.1) is 0 Å². The van der Waals surface area contributed by atoms with E-state index in [2.05, 4.69) is 11.9 Å². The van der Waals surface area contributed by atoms with Gasteiger partial charge < -0.3 is 26.0 Å². The minimum atomic E-state index is -1.32. The Balaban J connectivity index is 1.85. The molecule has 1 aliphatic heterocycles. The van der Waals surface area contributed by atoms with Crippen LogP contribution in [0.5, 0.6) is 0 Å². The molecule has 1 saturated carbocycles. The summed E-state index contributed by atoms with van der Waals surface area (Å²) in [4.78, 5) is 64.7. The van der Waals surface area contributed by atoms with Crippen LogP contribution in [0.25, 0.3) is 0 Å². The molecule has 2 aliphatic rings. The number of amides is 4. The second kappa shape index (κ2) is 9.85. The number of carboxylic acid groups (broad SMARTS) is 1. The zero-order valence-electron chi connectivity index (χ0n) is 18.2. The van der Waals surface area contributed by atoms with Crippen LogP contribution in [0.1, 0.15) is 31.2 Å². The average molecular weight is 456 g/mol. The standard InChI is InChI=1S/C23H28N4O6/c1-2-19(29)27-13-12-26(22(33)23(27)10-11-23)17(14-15-6-4-3-5-7-15)20(30)25-16(21(31)32)8-9-18(24)28/h2-7,16-17H,1,8-14H2,(H2,24,28)(H,25,30)(H,31,32)/t16-,17-/m0/s1. The lowest BCUT2D eigenvalue weighted by Gasteiger charge is -2.43. The van der Waals surface area contributed by atoms with Gasteiger partial charge in [-0.3, -0.25) is 19.2 Å². The lowest BCUT2D eigenvalue weighted by atomic mass is 9.99. The number of rotatable bonds is 10. The maximum Gasteiger partial charge on any atom is 0.326 e. The first-order valence-electron chi connectivity index (χ1n) is 10.8. The Labute approximate surface area is 191 Å². The molecule has 1 saturated heterocycles. The molecule has 3 rings (SSSR count). The van der Waals surface area contributed by atoms with Crippen molar-refractivity contribution in [2.45, 2.75) is 49.7 Å². The highest BCUT2D eigenvalue weighted by Gasteiger charge is 2.60. The maximum absolute atomic E-state index is 13.5. The molecule has 1 heterocycles.